The van der Waals surface area contributed by atoms with Crippen LogP contribution in [0.2, 0.25) is 0 Å². The lowest BCUT2D eigenvalue weighted by atomic mass is 10.2. The fourth-order valence-corrected chi connectivity index (χ4v) is 4.25. The number of sulfonamides is 1. The minimum Gasteiger partial charge on any atom is -0.288 e. The molecule has 0 fully saturated rings. The second-order valence-electron chi connectivity index (χ2n) is 6.20. The molecule has 29 heavy (non-hydrogen) atoms. The molecule has 148 valence electrons. The zero-order chi connectivity index (χ0) is 20.6. The standard InChI is InChI=1S/C19H13F3N4O2S/c20-14-3-1-13(2-4-14)10-26(15-5-7-17(21)18(22)9-15)29(27,28)16-6-8-19-24-23-12-25(19)11-16/h1-9,11-12H,10H2. The summed E-state index contributed by atoms with van der Waals surface area (Å²) in [5.74, 6) is -2.76. The third kappa shape index (κ3) is 3.66. The van der Waals surface area contributed by atoms with Crippen molar-refractivity contribution in [3.63, 3.8) is 0 Å². The van der Waals surface area contributed by atoms with Gasteiger partial charge in [0.2, 0.25) is 0 Å². The van der Waals surface area contributed by atoms with Crippen molar-refractivity contribution in [1.82, 2.24) is 14.6 Å². The van der Waals surface area contributed by atoms with Gasteiger partial charge in [-0.05, 0) is 42.0 Å². The Hall–Kier alpha value is -3.40. The monoisotopic (exact) mass is 418 g/mol. The van der Waals surface area contributed by atoms with Crippen LogP contribution in [-0.2, 0) is 16.6 Å². The van der Waals surface area contributed by atoms with Crippen molar-refractivity contribution in [3.05, 3.63) is 90.1 Å². The Kier molecular flexibility index (Phi) is 4.71. The normalized spacial score (nSPS) is 11.7. The first-order valence-corrected chi connectivity index (χ1v) is 9.80. The van der Waals surface area contributed by atoms with Crippen molar-refractivity contribution >= 4 is 21.4 Å². The van der Waals surface area contributed by atoms with Crippen molar-refractivity contribution < 1.29 is 21.6 Å². The maximum Gasteiger partial charge on any atom is 0.266 e. The number of hydrogen-bond acceptors (Lipinski definition) is 4. The second kappa shape index (κ2) is 7.21. The van der Waals surface area contributed by atoms with Crippen molar-refractivity contribution in [1.29, 1.82) is 0 Å². The number of benzene rings is 2. The Morgan fingerprint density at radius 3 is 2.41 bits per heavy atom. The molecule has 0 unspecified atom stereocenters. The molecule has 0 amide bonds. The van der Waals surface area contributed by atoms with Gasteiger partial charge in [-0.25, -0.2) is 21.6 Å². The highest BCUT2D eigenvalue weighted by atomic mass is 32.2. The Morgan fingerprint density at radius 2 is 1.69 bits per heavy atom. The first kappa shape index (κ1) is 18.9. The van der Waals surface area contributed by atoms with E-state index in [1.54, 1.807) is 0 Å². The summed E-state index contributed by atoms with van der Waals surface area (Å²) in [6.45, 7) is -0.214. The van der Waals surface area contributed by atoms with Crippen LogP contribution in [0.5, 0.6) is 0 Å². The van der Waals surface area contributed by atoms with E-state index in [0.29, 0.717) is 11.2 Å². The van der Waals surface area contributed by atoms with Gasteiger partial charge in [0.05, 0.1) is 12.2 Å². The third-order valence-corrected chi connectivity index (χ3v) is 6.04. The topological polar surface area (TPSA) is 67.6 Å². The van der Waals surface area contributed by atoms with Crippen molar-refractivity contribution in [2.75, 3.05) is 4.31 Å². The minimum absolute atomic E-state index is 0.0721. The highest BCUT2D eigenvalue weighted by Gasteiger charge is 2.27. The summed E-state index contributed by atoms with van der Waals surface area (Å²) in [4.78, 5) is -0.100. The number of rotatable bonds is 5. The number of halogens is 3. The Labute approximate surface area is 163 Å². The molecule has 2 aromatic heterocycles. The molecular weight excluding hydrogens is 405 g/mol. The van der Waals surface area contributed by atoms with Gasteiger partial charge in [0.1, 0.15) is 17.0 Å². The first-order valence-electron chi connectivity index (χ1n) is 8.36. The summed E-state index contributed by atoms with van der Waals surface area (Å²) in [5.41, 5.74) is 0.837. The predicted octanol–water partition coefficient (Wildman–Crippen LogP) is 3.54. The lowest BCUT2D eigenvalue weighted by Crippen LogP contribution is -2.31. The molecule has 0 aliphatic rings. The second-order valence-corrected chi connectivity index (χ2v) is 8.06. The Balaban J connectivity index is 1.82. The summed E-state index contributed by atoms with van der Waals surface area (Å²) in [5, 5.41) is 7.52. The van der Waals surface area contributed by atoms with Crippen LogP contribution in [0.15, 0.2) is 72.0 Å². The maximum atomic E-state index is 13.8. The largest absolute Gasteiger partial charge is 0.288 e. The molecule has 0 saturated heterocycles. The summed E-state index contributed by atoms with van der Waals surface area (Å²) < 4.78 is 69.5. The Bertz CT molecular complexity index is 1290. The van der Waals surface area contributed by atoms with Gasteiger partial charge in [0, 0.05) is 12.3 Å². The molecule has 4 rings (SSSR count). The SMILES string of the molecule is O=S(=O)(c1ccc2nncn2c1)N(Cc1ccc(F)cc1)c1ccc(F)c(F)c1. The van der Waals surface area contributed by atoms with E-state index in [2.05, 4.69) is 10.2 Å². The molecule has 10 heteroatoms. The van der Waals surface area contributed by atoms with Gasteiger partial charge in [-0.15, -0.1) is 10.2 Å². The van der Waals surface area contributed by atoms with Crippen molar-refractivity contribution in [2.24, 2.45) is 0 Å². The minimum atomic E-state index is -4.19. The molecule has 0 N–H and O–H groups in total. The van der Waals surface area contributed by atoms with E-state index < -0.39 is 27.5 Å². The molecule has 0 aliphatic heterocycles. The molecule has 0 saturated carbocycles. The zero-order valence-electron chi connectivity index (χ0n) is 14.7. The van der Waals surface area contributed by atoms with Crippen LogP contribution in [0.25, 0.3) is 5.65 Å². The van der Waals surface area contributed by atoms with E-state index >= 15 is 0 Å². The molecule has 0 spiro atoms. The summed E-state index contributed by atoms with van der Waals surface area (Å²) in [6, 6.07) is 10.8. The first-order chi connectivity index (χ1) is 13.8. The van der Waals surface area contributed by atoms with Gasteiger partial charge < -0.3 is 0 Å². The number of fused-ring (bicyclic) bond motifs is 1. The van der Waals surface area contributed by atoms with E-state index in [1.165, 1.54) is 53.3 Å². The van der Waals surface area contributed by atoms with Gasteiger partial charge in [-0.3, -0.25) is 8.71 Å². The van der Waals surface area contributed by atoms with Crippen LogP contribution in [0.4, 0.5) is 18.9 Å². The predicted molar refractivity (Wildman–Crippen MR) is 99.1 cm³/mol. The zero-order valence-corrected chi connectivity index (χ0v) is 15.5. The van der Waals surface area contributed by atoms with E-state index in [0.717, 1.165) is 22.5 Å². The maximum absolute atomic E-state index is 13.8. The third-order valence-electron chi connectivity index (χ3n) is 4.28. The smallest absolute Gasteiger partial charge is 0.266 e. The molecule has 6 nitrogen and oxygen atoms in total. The average molecular weight is 418 g/mol. The number of aromatic nitrogens is 3. The number of anilines is 1. The van der Waals surface area contributed by atoms with Crippen LogP contribution in [0, 0.1) is 17.5 Å². The van der Waals surface area contributed by atoms with Crippen LogP contribution in [0.1, 0.15) is 5.56 Å². The van der Waals surface area contributed by atoms with Crippen LogP contribution < -0.4 is 4.31 Å². The van der Waals surface area contributed by atoms with Crippen LogP contribution in [-0.4, -0.2) is 23.0 Å². The van der Waals surface area contributed by atoms with Gasteiger partial charge in [-0.2, -0.15) is 0 Å². The summed E-state index contributed by atoms with van der Waals surface area (Å²) >= 11 is 0. The van der Waals surface area contributed by atoms with Crippen LogP contribution in [0.3, 0.4) is 0 Å². The highest BCUT2D eigenvalue weighted by Crippen LogP contribution is 2.27. The molecule has 4 aromatic rings. The highest BCUT2D eigenvalue weighted by molar-refractivity contribution is 7.92. The van der Waals surface area contributed by atoms with Crippen LogP contribution >= 0.6 is 0 Å². The van der Waals surface area contributed by atoms with E-state index in [1.807, 2.05) is 0 Å². The quantitative estimate of drug-likeness (QED) is 0.497. The number of hydrogen-bond donors (Lipinski definition) is 0. The molecule has 2 aromatic carbocycles. The van der Waals surface area contributed by atoms with E-state index in [4.69, 9.17) is 0 Å². The van der Waals surface area contributed by atoms with Gasteiger partial charge in [-0.1, -0.05) is 12.1 Å². The summed E-state index contributed by atoms with van der Waals surface area (Å²) in [7, 11) is -4.19. The molecular formula is C19H13F3N4O2S. The average Bonchev–Trinajstić information content (AvgIpc) is 3.17. The molecule has 2 heterocycles. The van der Waals surface area contributed by atoms with E-state index in [9.17, 15) is 21.6 Å². The summed E-state index contributed by atoms with van der Waals surface area (Å²) in [6.07, 6.45) is 2.67. The fraction of sp³-hybridized carbons (Fsp3) is 0.0526. The lowest BCUT2D eigenvalue weighted by molar-refractivity contribution is 0.508. The van der Waals surface area contributed by atoms with Crippen molar-refractivity contribution in [2.45, 2.75) is 11.4 Å². The molecule has 0 radical (unpaired) electrons. The number of pyridine rings is 1. The Morgan fingerprint density at radius 1 is 0.931 bits per heavy atom. The van der Waals surface area contributed by atoms with Gasteiger partial charge in [0.25, 0.3) is 10.0 Å². The fourth-order valence-electron chi connectivity index (χ4n) is 2.80. The van der Waals surface area contributed by atoms with Gasteiger partial charge >= 0.3 is 0 Å². The number of nitrogens with zero attached hydrogens (tertiary/aromatic N) is 4. The molecule has 0 atom stereocenters. The van der Waals surface area contributed by atoms with E-state index in [-0.39, 0.29) is 17.1 Å². The molecule has 0 aliphatic carbocycles. The van der Waals surface area contributed by atoms with Crippen molar-refractivity contribution in [3.8, 4) is 0 Å². The lowest BCUT2D eigenvalue weighted by Gasteiger charge is -2.25. The van der Waals surface area contributed by atoms with Gasteiger partial charge in [0.15, 0.2) is 17.3 Å². The molecule has 0 bridgehead atoms.